The van der Waals surface area contributed by atoms with Crippen molar-refractivity contribution in [3.05, 3.63) is 89.7 Å². The van der Waals surface area contributed by atoms with Crippen molar-refractivity contribution in [2.45, 2.75) is 78.2 Å². The molecule has 0 radical (unpaired) electrons. The Labute approximate surface area is 307 Å². The molecule has 0 aliphatic heterocycles. The molecule has 1 fully saturated rings. The first-order valence-corrected chi connectivity index (χ1v) is 17.4. The number of ether oxygens (including phenoxy) is 4. The normalized spacial score (nSPS) is 19.2. The van der Waals surface area contributed by atoms with Crippen molar-refractivity contribution in [3.63, 3.8) is 0 Å². The third-order valence-corrected chi connectivity index (χ3v) is 8.78. The molecule has 1 aliphatic carbocycles. The lowest BCUT2D eigenvalue weighted by atomic mass is 9.81. The van der Waals surface area contributed by atoms with Crippen molar-refractivity contribution in [1.82, 2.24) is 10.3 Å². The smallest absolute Gasteiger partial charge is 0.311 e. The molecule has 1 heterocycles. The molecule has 3 aromatic rings. The molecule has 4 rings (SSSR count). The van der Waals surface area contributed by atoms with Gasteiger partial charge in [-0.05, 0) is 24.0 Å². The van der Waals surface area contributed by atoms with Gasteiger partial charge in [0.2, 0.25) is 23.1 Å². The average Bonchev–Trinajstić information content (AvgIpc) is 3.18. The fourth-order valence-electron chi connectivity index (χ4n) is 5.76. The van der Waals surface area contributed by atoms with E-state index in [0.717, 1.165) is 5.56 Å². The molecule has 2 aromatic carbocycles. The van der Waals surface area contributed by atoms with Gasteiger partial charge in [0.05, 0.1) is 30.9 Å². The second-order valence-electron chi connectivity index (χ2n) is 13.1. The number of ketones is 4. The summed E-state index contributed by atoms with van der Waals surface area (Å²) in [6, 6.07) is 18.0. The van der Waals surface area contributed by atoms with Crippen LogP contribution in [0.1, 0.15) is 63.3 Å². The third kappa shape index (κ3) is 11.2. The Bertz CT molecular complexity index is 1790. The van der Waals surface area contributed by atoms with Crippen molar-refractivity contribution < 1.29 is 52.5 Å². The maximum atomic E-state index is 13.8. The summed E-state index contributed by atoms with van der Waals surface area (Å²) in [6.07, 6.45) is -0.642. The average molecular weight is 729 g/mol. The lowest BCUT2D eigenvalue weighted by Crippen LogP contribution is -2.46. The molecule has 0 bridgehead atoms. The highest BCUT2D eigenvalue weighted by Crippen LogP contribution is 2.31. The molecule has 4 atom stereocenters. The minimum atomic E-state index is -1.45. The van der Waals surface area contributed by atoms with Gasteiger partial charge in [-0.1, -0.05) is 81.4 Å². The highest BCUT2D eigenvalue weighted by Gasteiger charge is 2.46. The predicted octanol–water partition coefficient (Wildman–Crippen LogP) is 4.11. The third-order valence-electron chi connectivity index (χ3n) is 8.78. The number of nitrogens with zero attached hydrogens (tertiary/aromatic N) is 1. The lowest BCUT2D eigenvalue weighted by molar-refractivity contribution is -0.164. The van der Waals surface area contributed by atoms with Gasteiger partial charge >= 0.3 is 17.9 Å². The molecule has 0 unspecified atom stereocenters. The van der Waals surface area contributed by atoms with Crippen LogP contribution in [-0.4, -0.2) is 65.3 Å². The number of rotatable bonds is 15. The fraction of sp³-hybridized carbons (Fsp3) is 0.400. The van der Waals surface area contributed by atoms with Crippen molar-refractivity contribution in [3.8, 4) is 11.5 Å². The van der Waals surface area contributed by atoms with Crippen LogP contribution in [0.4, 0.5) is 0 Å². The number of aromatic nitrogens is 1. The Kier molecular flexibility index (Phi) is 14.7. The molecule has 13 heteroatoms. The van der Waals surface area contributed by atoms with E-state index < -0.39 is 77.4 Å². The number of pyridine rings is 1. The summed E-state index contributed by atoms with van der Waals surface area (Å²) in [6.45, 7) is 4.43. The van der Waals surface area contributed by atoms with Gasteiger partial charge in [0.15, 0.2) is 11.5 Å². The van der Waals surface area contributed by atoms with Crippen LogP contribution in [0.3, 0.4) is 0 Å². The van der Waals surface area contributed by atoms with Gasteiger partial charge in [0, 0.05) is 38.1 Å². The van der Waals surface area contributed by atoms with Crippen LogP contribution >= 0.6 is 0 Å². The minimum absolute atomic E-state index is 0.00267. The maximum absolute atomic E-state index is 13.8. The van der Waals surface area contributed by atoms with Crippen molar-refractivity contribution in [2.24, 2.45) is 17.8 Å². The number of hydrogen-bond donors (Lipinski definition) is 1. The Morgan fingerprint density at radius 3 is 2.13 bits per heavy atom. The number of Topliss-reactive ketones (excluding diaryl/α,β-unsaturated/α-hetero) is 4. The zero-order valence-corrected chi connectivity index (χ0v) is 30.2. The number of benzene rings is 2. The topological polar surface area (TPSA) is 181 Å². The van der Waals surface area contributed by atoms with E-state index in [9.17, 15) is 33.6 Å². The summed E-state index contributed by atoms with van der Waals surface area (Å²) >= 11 is 0. The fourth-order valence-corrected chi connectivity index (χ4v) is 5.76. The standard InChI is InChI=1S/C40H44N2O11/c1-24(2)40(49)53-38-25(3)35(46)37(48)29(21-31(43)36(47)28(38)20-26-12-7-5-8-13-26)42-22-30-39(32(50-4)18-19-41-30)52-34(45)17-11-16-33(44)51-23-27-14-9-6-10-15-27/h5-10,12-15,18-19,24-25,28-29,38,42H,11,16-17,20-23H2,1-4H3/t25-,28+,29+,38-/m1/s1. The predicted molar refractivity (Wildman–Crippen MR) is 189 cm³/mol. The summed E-state index contributed by atoms with van der Waals surface area (Å²) in [7, 11) is 1.35. The molecule has 1 aromatic heterocycles. The van der Waals surface area contributed by atoms with Gasteiger partial charge in [-0.15, -0.1) is 0 Å². The highest BCUT2D eigenvalue weighted by atomic mass is 16.6. The van der Waals surface area contributed by atoms with Gasteiger partial charge in [0.1, 0.15) is 18.4 Å². The molecule has 1 saturated carbocycles. The van der Waals surface area contributed by atoms with Crippen LogP contribution in [0.2, 0.25) is 0 Å². The molecule has 0 saturated heterocycles. The zero-order valence-electron chi connectivity index (χ0n) is 30.2. The highest BCUT2D eigenvalue weighted by molar-refractivity contribution is 6.44. The minimum Gasteiger partial charge on any atom is -0.493 e. The summed E-state index contributed by atoms with van der Waals surface area (Å²) < 4.78 is 21.9. The molecule has 1 N–H and O–H groups in total. The quantitative estimate of drug-likeness (QED) is 0.175. The molecule has 53 heavy (non-hydrogen) atoms. The summed E-state index contributed by atoms with van der Waals surface area (Å²) in [5, 5.41) is 2.85. The second-order valence-corrected chi connectivity index (χ2v) is 13.1. The van der Waals surface area contributed by atoms with Crippen LogP contribution in [0.25, 0.3) is 0 Å². The van der Waals surface area contributed by atoms with Gasteiger partial charge < -0.3 is 24.3 Å². The lowest BCUT2D eigenvalue weighted by Gasteiger charge is -2.29. The van der Waals surface area contributed by atoms with E-state index >= 15 is 0 Å². The van der Waals surface area contributed by atoms with Crippen molar-refractivity contribution in [2.75, 3.05) is 7.11 Å². The number of carbonyl (C=O) groups excluding carboxylic acids is 7. The largest absolute Gasteiger partial charge is 0.493 e. The molecular weight excluding hydrogens is 684 g/mol. The van der Waals surface area contributed by atoms with E-state index in [1.165, 1.54) is 26.3 Å². The molecule has 280 valence electrons. The van der Waals surface area contributed by atoms with Crippen molar-refractivity contribution >= 4 is 41.0 Å². The van der Waals surface area contributed by atoms with Gasteiger partial charge in [0.25, 0.3) is 0 Å². The zero-order chi connectivity index (χ0) is 38.5. The van der Waals surface area contributed by atoms with Crippen molar-refractivity contribution in [1.29, 1.82) is 0 Å². The van der Waals surface area contributed by atoms with Crippen LogP contribution < -0.4 is 14.8 Å². The molecule has 0 spiro atoms. The van der Waals surface area contributed by atoms with Gasteiger partial charge in [-0.3, -0.25) is 38.5 Å². The van der Waals surface area contributed by atoms with E-state index in [4.69, 9.17) is 18.9 Å². The Morgan fingerprint density at radius 2 is 1.49 bits per heavy atom. The van der Waals surface area contributed by atoms with Crippen LogP contribution in [0.15, 0.2) is 72.9 Å². The summed E-state index contributed by atoms with van der Waals surface area (Å²) in [5.74, 6) is -8.52. The van der Waals surface area contributed by atoms with Gasteiger partial charge in [-0.2, -0.15) is 0 Å². The Morgan fingerprint density at radius 1 is 0.849 bits per heavy atom. The molecule has 1 aliphatic rings. The number of nitrogens with one attached hydrogen (secondary N) is 1. The molecule has 13 nitrogen and oxygen atoms in total. The number of hydrogen-bond acceptors (Lipinski definition) is 13. The second kappa shape index (κ2) is 19.3. The van der Waals surface area contributed by atoms with E-state index in [-0.39, 0.29) is 56.0 Å². The summed E-state index contributed by atoms with van der Waals surface area (Å²) in [5.41, 5.74) is 1.62. The first-order chi connectivity index (χ1) is 25.4. The number of carbonyl (C=O) groups is 7. The SMILES string of the molecule is COc1ccnc(CN[C@H]2CC(=O)C(=O)[C@H](Cc3ccccc3)[C@H](OC(=O)C(C)C)[C@H](C)C(=O)C2=O)c1OC(=O)CCCC(=O)OCc1ccccc1. The molecular formula is C40H44N2O11. The van der Waals surface area contributed by atoms with Crippen LogP contribution in [0, 0.1) is 17.8 Å². The first kappa shape index (κ1) is 40.2. The summed E-state index contributed by atoms with van der Waals surface area (Å²) in [4.78, 5) is 96.7. The number of esters is 3. The molecule has 0 amide bonds. The van der Waals surface area contributed by atoms with E-state index in [1.54, 1.807) is 44.2 Å². The van der Waals surface area contributed by atoms with Crippen LogP contribution in [0.5, 0.6) is 11.5 Å². The van der Waals surface area contributed by atoms with Crippen LogP contribution in [-0.2, 0) is 62.6 Å². The van der Waals surface area contributed by atoms with E-state index in [2.05, 4.69) is 10.3 Å². The van der Waals surface area contributed by atoms with Gasteiger partial charge in [-0.25, -0.2) is 0 Å². The number of methoxy groups -OCH3 is 1. The first-order valence-electron chi connectivity index (χ1n) is 17.4. The van der Waals surface area contributed by atoms with E-state index in [1.807, 2.05) is 30.3 Å². The maximum Gasteiger partial charge on any atom is 0.311 e. The van der Waals surface area contributed by atoms with E-state index in [0.29, 0.717) is 5.56 Å². The Balaban J connectivity index is 1.47. The monoisotopic (exact) mass is 728 g/mol. The Hall–Kier alpha value is -5.56.